The van der Waals surface area contributed by atoms with Crippen LogP contribution in [0.5, 0.6) is 0 Å². The van der Waals surface area contributed by atoms with Crippen LogP contribution in [0.25, 0.3) is 0 Å². The van der Waals surface area contributed by atoms with Gasteiger partial charge in [-0.05, 0) is 96.3 Å². The summed E-state index contributed by atoms with van der Waals surface area (Å²) in [7, 11) is 0. The lowest BCUT2D eigenvalue weighted by atomic mass is 9.98. The van der Waals surface area contributed by atoms with Gasteiger partial charge in [-0.15, -0.1) is 0 Å². The molecule has 0 amide bonds. The van der Waals surface area contributed by atoms with E-state index in [0.29, 0.717) is 13.0 Å². The number of carbonyl (C=O) groups excluding carboxylic acids is 1. The zero-order valence-corrected chi connectivity index (χ0v) is 50.2. The molecule has 2 aliphatic heterocycles. The van der Waals surface area contributed by atoms with Crippen LogP contribution in [-0.4, -0.2) is 142 Å². The average Bonchev–Trinajstić information content (AvgIpc) is 3.57. The van der Waals surface area contributed by atoms with Crippen molar-refractivity contribution in [1.82, 2.24) is 0 Å². The maximum absolute atomic E-state index is 13.1. The number of allylic oxidation sites excluding steroid dienone is 16. The highest BCUT2D eigenvalue weighted by molar-refractivity contribution is 5.69. The third-order valence-corrected chi connectivity index (χ3v) is 14.6. The van der Waals surface area contributed by atoms with Gasteiger partial charge in [0.25, 0.3) is 0 Å². The van der Waals surface area contributed by atoms with Gasteiger partial charge < -0.3 is 64.2 Å². The van der Waals surface area contributed by atoms with Gasteiger partial charge in [0.2, 0.25) is 0 Å². The largest absolute Gasteiger partial charge is 0.457 e. The van der Waals surface area contributed by atoms with E-state index in [1.54, 1.807) is 0 Å². The molecular formula is C67H114O14. The Balaban J connectivity index is 1.70. The van der Waals surface area contributed by atoms with Crippen molar-refractivity contribution in [3.05, 3.63) is 97.2 Å². The Labute approximate surface area is 490 Å². The Kier molecular flexibility index (Phi) is 47.9. The second kappa shape index (κ2) is 52.5. The van der Waals surface area contributed by atoms with Gasteiger partial charge in [-0.3, -0.25) is 4.79 Å². The number of hydrogen-bond acceptors (Lipinski definition) is 14. The molecule has 2 aliphatic rings. The van der Waals surface area contributed by atoms with Crippen molar-refractivity contribution in [2.45, 2.75) is 287 Å². The normalized spacial score (nSPS) is 24.4. The van der Waals surface area contributed by atoms with Gasteiger partial charge in [0.15, 0.2) is 12.6 Å². The van der Waals surface area contributed by atoms with Gasteiger partial charge in [0.1, 0.15) is 54.9 Å². The van der Waals surface area contributed by atoms with Crippen molar-refractivity contribution < 1.29 is 69.0 Å². The molecule has 466 valence electrons. The van der Waals surface area contributed by atoms with Crippen LogP contribution in [0, 0.1) is 0 Å². The summed E-state index contributed by atoms with van der Waals surface area (Å²) >= 11 is 0. The first-order valence-electron chi connectivity index (χ1n) is 31.8. The fourth-order valence-electron chi connectivity index (χ4n) is 9.50. The van der Waals surface area contributed by atoms with E-state index in [4.69, 9.17) is 28.4 Å². The zero-order valence-electron chi connectivity index (χ0n) is 50.2. The van der Waals surface area contributed by atoms with E-state index in [1.165, 1.54) is 83.5 Å². The van der Waals surface area contributed by atoms with E-state index in [2.05, 4.69) is 111 Å². The SMILES string of the molecule is CC/C=C\C/C=C\C/C=C\C/C=C\C/C=C\CCCCCCCCOCC(COC1OC(COC2OC(CO)C(O)C(O)C2O)C(O)C(O)C1O)OC(=O)CCCCCCCCCCCC/C=C\C/C=C\C/C=C\CCCCCCC. The monoisotopic (exact) mass is 1140 g/mol. The highest BCUT2D eigenvalue weighted by atomic mass is 16.7. The predicted octanol–water partition coefficient (Wildman–Crippen LogP) is 12.5. The van der Waals surface area contributed by atoms with Crippen molar-refractivity contribution >= 4 is 5.97 Å². The summed E-state index contributed by atoms with van der Waals surface area (Å²) in [5.74, 6) is -0.388. The van der Waals surface area contributed by atoms with Gasteiger partial charge >= 0.3 is 5.97 Å². The lowest BCUT2D eigenvalue weighted by Gasteiger charge is -2.42. The number of hydrogen-bond donors (Lipinski definition) is 7. The molecule has 0 aromatic heterocycles. The molecule has 0 spiro atoms. The molecule has 2 rings (SSSR count). The third kappa shape index (κ3) is 38.5. The average molecular weight is 1140 g/mol. The molecule has 0 radical (unpaired) electrons. The predicted molar refractivity (Wildman–Crippen MR) is 325 cm³/mol. The van der Waals surface area contributed by atoms with Crippen molar-refractivity contribution in [3.63, 3.8) is 0 Å². The first-order valence-corrected chi connectivity index (χ1v) is 31.8. The first kappa shape index (κ1) is 74.0. The lowest BCUT2D eigenvalue weighted by Crippen LogP contribution is -2.61. The van der Waals surface area contributed by atoms with Crippen molar-refractivity contribution in [2.75, 3.05) is 33.0 Å². The molecule has 0 saturated carbocycles. The van der Waals surface area contributed by atoms with E-state index < -0.39 is 80.7 Å². The van der Waals surface area contributed by atoms with Crippen molar-refractivity contribution in [3.8, 4) is 0 Å². The maximum atomic E-state index is 13.1. The molecule has 0 aliphatic carbocycles. The number of aliphatic hydroxyl groups excluding tert-OH is 7. The van der Waals surface area contributed by atoms with Gasteiger partial charge in [0.05, 0.1) is 26.4 Å². The van der Waals surface area contributed by atoms with Crippen molar-refractivity contribution in [1.29, 1.82) is 0 Å². The Hall–Kier alpha value is -3.09. The van der Waals surface area contributed by atoms with Gasteiger partial charge in [0, 0.05) is 13.0 Å². The summed E-state index contributed by atoms with van der Waals surface area (Å²) in [6.07, 6.45) is 54.6. The molecule has 81 heavy (non-hydrogen) atoms. The smallest absolute Gasteiger partial charge is 0.306 e. The highest BCUT2D eigenvalue weighted by Gasteiger charge is 2.47. The molecular weight excluding hydrogens is 1030 g/mol. The molecule has 2 heterocycles. The van der Waals surface area contributed by atoms with Crippen LogP contribution in [0.1, 0.15) is 219 Å². The minimum Gasteiger partial charge on any atom is -0.457 e. The van der Waals surface area contributed by atoms with Gasteiger partial charge in [-0.25, -0.2) is 0 Å². The third-order valence-electron chi connectivity index (χ3n) is 14.6. The standard InChI is InChI=1S/C67H114O14/c1-3-5-7-9-11-13-15-17-19-21-23-25-27-28-29-30-32-34-36-38-40-42-44-46-48-50-59(69)79-56(53-76-51-49-47-45-43-41-39-37-35-33-31-26-24-22-20-18-16-14-12-10-8-6-4-2)54-77-66-65(75)63(73)61(71)58(81-66)55-78-67-64(74)62(72)60(70)57(52-68)80-67/h6,8,12,14-15,17-18,20-21,23-24,26-28,33,35,56-58,60-68,70-75H,3-5,7,9-11,13,16,19,22,25,29-32,34,36-55H2,1-2H3/b8-6-,14-12-,17-15-,20-18-,23-21-,26-24-,28-27-,35-33-. The summed E-state index contributed by atoms with van der Waals surface area (Å²) in [6.45, 7) is 3.53. The fraction of sp³-hybridized carbons (Fsp3) is 0.746. The fourth-order valence-corrected chi connectivity index (χ4v) is 9.50. The van der Waals surface area contributed by atoms with E-state index in [1.807, 2.05) is 0 Å². The number of esters is 1. The Morgan fingerprint density at radius 2 is 0.802 bits per heavy atom. The van der Waals surface area contributed by atoms with Gasteiger partial charge in [-0.1, -0.05) is 214 Å². The molecule has 0 aromatic carbocycles. The summed E-state index contributed by atoms with van der Waals surface area (Å²) in [6, 6.07) is 0. The van der Waals surface area contributed by atoms with Crippen LogP contribution < -0.4 is 0 Å². The van der Waals surface area contributed by atoms with E-state index in [9.17, 15) is 40.5 Å². The maximum Gasteiger partial charge on any atom is 0.306 e. The minimum absolute atomic E-state index is 0.0442. The summed E-state index contributed by atoms with van der Waals surface area (Å²) in [5, 5.41) is 72.5. The molecule has 14 heteroatoms. The van der Waals surface area contributed by atoms with Crippen LogP contribution in [0.15, 0.2) is 97.2 Å². The molecule has 2 saturated heterocycles. The van der Waals surface area contributed by atoms with Crippen LogP contribution in [-0.2, 0) is 33.2 Å². The second-order valence-electron chi connectivity index (χ2n) is 21.8. The first-order chi connectivity index (χ1) is 39.6. The van der Waals surface area contributed by atoms with E-state index >= 15 is 0 Å². The molecule has 2 fully saturated rings. The van der Waals surface area contributed by atoms with E-state index in [0.717, 1.165) is 109 Å². The molecule has 11 atom stereocenters. The van der Waals surface area contributed by atoms with Crippen LogP contribution in [0.3, 0.4) is 0 Å². The molecule has 11 unspecified atom stereocenters. The second-order valence-corrected chi connectivity index (χ2v) is 21.8. The van der Waals surface area contributed by atoms with Crippen LogP contribution in [0.2, 0.25) is 0 Å². The summed E-state index contributed by atoms with van der Waals surface area (Å²) < 4.78 is 34.5. The highest BCUT2D eigenvalue weighted by Crippen LogP contribution is 2.27. The Morgan fingerprint density at radius 3 is 1.26 bits per heavy atom. The quantitative estimate of drug-likeness (QED) is 0.0172. The zero-order chi connectivity index (χ0) is 58.6. The number of ether oxygens (including phenoxy) is 6. The minimum atomic E-state index is -1.72. The molecule has 0 bridgehead atoms. The summed E-state index contributed by atoms with van der Waals surface area (Å²) in [5.41, 5.74) is 0. The Morgan fingerprint density at radius 1 is 0.420 bits per heavy atom. The van der Waals surface area contributed by atoms with Gasteiger partial charge in [-0.2, -0.15) is 0 Å². The summed E-state index contributed by atoms with van der Waals surface area (Å²) in [4.78, 5) is 13.1. The molecule has 14 nitrogen and oxygen atoms in total. The van der Waals surface area contributed by atoms with Crippen molar-refractivity contribution in [2.24, 2.45) is 0 Å². The van der Waals surface area contributed by atoms with Crippen LogP contribution in [0.4, 0.5) is 0 Å². The lowest BCUT2D eigenvalue weighted by molar-refractivity contribution is -0.332. The number of rotatable bonds is 51. The number of carbonyl (C=O) groups is 1. The Bertz CT molecular complexity index is 1710. The van der Waals surface area contributed by atoms with E-state index in [-0.39, 0.29) is 25.6 Å². The van der Waals surface area contributed by atoms with Crippen LogP contribution >= 0.6 is 0 Å². The molecule has 7 N–H and O–H groups in total. The topological polar surface area (TPSA) is 214 Å². The number of unbranched alkanes of at least 4 members (excludes halogenated alkanes) is 21. The molecule has 0 aromatic rings. The number of aliphatic hydroxyl groups is 7.